The van der Waals surface area contributed by atoms with Crippen molar-refractivity contribution in [2.75, 3.05) is 5.43 Å². The third-order valence-electron chi connectivity index (χ3n) is 1.85. The third kappa shape index (κ3) is 2.95. The number of hydrogen-bond acceptors (Lipinski definition) is 5. The average molecular weight is 237 g/mol. The van der Waals surface area contributed by atoms with E-state index in [1.165, 1.54) is 9.77 Å². The first-order chi connectivity index (χ1) is 7.38. The summed E-state index contributed by atoms with van der Waals surface area (Å²) < 4.78 is 1.33. The minimum atomic E-state index is 0.708. The molecule has 2 aromatic rings. The molecule has 2 heterocycles. The maximum atomic E-state index is 5.29. The van der Waals surface area contributed by atoms with Gasteiger partial charge < -0.3 is 5.43 Å². The van der Waals surface area contributed by atoms with Crippen molar-refractivity contribution in [3.05, 3.63) is 41.4 Å². The van der Waals surface area contributed by atoms with Crippen LogP contribution in [0.4, 0.5) is 5.82 Å². The van der Waals surface area contributed by atoms with Crippen molar-refractivity contribution in [2.45, 2.75) is 9.96 Å². The van der Waals surface area contributed by atoms with E-state index in [1.807, 2.05) is 23.9 Å². The molecule has 0 spiro atoms. The molecule has 0 fully saturated rings. The molecule has 2 rings (SSSR count). The lowest BCUT2D eigenvalue weighted by atomic mass is 10.3. The lowest BCUT2D eigenvalue weighted by molar-refractivity contribution is 1.20. The lowest BCUT2D eigenvalue weighted by Crippen LogP contribution is -2.08. The number of thiophene rings is 1. The summed E-state index contributed by atoms with van der Waals surface area (Å²) in [5.74, 6) is 6.94. The van der Waals surface area contributed by atoms with Crippen molar-refractivity contribution in [1.29, 1.82) is 0 Å². The largest absolute Gasteiger partial charge is 0.308 e. The van der Waals surface area contributed by atoms with Crippen LogP contribution in [0.15, 0.2) is 40.1 Å². The van der Waals surface area contributed by atoms with Crippen molar-refractivity contribution in [3.63, 3.8) is 0 Å². The summed E-state index contributed by atoms with van der Waals surface area (Å²) in [7, 11) is 0. The Labute approximate surface area is 96.7 Å². The summed E-state index contributed by atoms with van der Waals surface area (Å²) in [6, 6.07) is 8.15. The molecule has 5 heteroatoms. The Hall–Kier alpha value is -1.04. The SMILES string of the molecule is NNc1cc(CSc2cccs2)ccn1. The lowest BCUT2D eigenvalue weighted by Gasteiger charge is -2.02. The van der Waals surface area contributed by atoms with Crippen LogP contribution in [0.3, 0.4) is 0 Å². The Kier molecular flexibility index (Phi) is 3.60. The van der Waals surface area contributed by atoms with Crippen molar-refractivity contribution in [2.24, 2.45) is 5.84 Å². The molecule has 0 aliphatic rings. The molecule has 0 atom stereocenters. The molecule has 0 amide bonds. The quantitative estimate of drug-likeness (QED) is 0.488. The number of rotatable bonds is 4. The Bertz CT molecular complexity index is 414. The molecule has 15 heavy (non-hydrogen) atoms. The zero-order chi connectivity index (χ0) is 10.5. The van der Waals surface area contributed by atoms with Crippen molar-refractivity contribution < 1.29 is 0 Å². The fourth-order valence-electron chi connectivity index (χ4n) is 1.14. The van der Waals surface area contributed by atoms with Crippen LogP contribution in [0.25, 0.3) is 0 Å². The third-order valence-corrected chi connectivity index (χ3v) is 4.05. The van der Waals surface area contributed by atoms with Gasteiger partial charge in [0, 0.05) is 11.9 Å². The van der Waals surface area contributed by atoms with Gasteiger partial charge in [-0.25, -0.2) is 10.8 Å². The van der Waals surface area contributed by atoms with E-state index in [2.05, 4.69) is 27.9 Å². The number of aromatic nitrogens is 1. The summed E-state index contributed by atoms with van der Waals surface area (Å²) in [4.78, 5) is 4.06. The maximum absolute atomic E-state index is 5.29. The predicted molar refractivity (Wildman–Crippen MR) is 65.9 cm³/mol. The molecule has 0 aliphatic heterocycles. The second-order valence-corrected chi connectivity index (χ2v) is 5.14. The highest BCUT2D eigenvalue weighted by Crippen LogP contribution is 2.27. The number of nitrogens with zero attached hydrogens (tertiary/aromatic N) is 1. The first kappa shape index (κ1) is 10.5. The molecule has 0 unspecified atom stereocenters. The number of hydrogen-bond donors (Lipinski definition) is 2. The summed E-state index contributed by atoms with van der Waals surface area (Å²) in [6.07, 6.45) is 1.76. The van der Waals surface area contributed by atoms with Crippen LogP contribution in [0.5, 0.6) is 0 Å². The predicted octanol–water partition coefficient (Wildman–Crippen LogP) is 2.72. The molecule has 0 bridgehead atoms. The van der Waals surface area contributed by atoms with Gasteiger partial charge in [0.2, 0.25) is 0 Å². The Morgan fingerprint density at radius 2 is 2.40 bits per heavy atom. The van der Waals surface area contributed by atoms with Crippen molar-refractivity contribution in [3.8, 4) is 0 Å². The van der Waals surface area contributed by atoms with Gasteiger partial charge >= 0.3 is 0 Å². The number of thioether (sulfide) groups is 1. The molecule has 2 aromatic heterocycles. The van der Waals surface area contributed by atoms with E-state index in [0.717, 1.165) is 5.75 Å². The summed E-state index contributed by atoms with van der Waals surface area (Å²) in [5, 5.41) is 2.09. The highest BCUT2D eigenvalue weighted by molar-refractivity contribution is 8.00. The summed E-state index contributed by atoms with van der Waals surface area (Å²) >= 11 is 3.58. The van der Waals surface area contributed by atoms with E-state index in [9.17, 15) is 0 Å². The second kappa shape index (κ2) is 5.16. The van der Waals surface area contributed by atoms with Crippen molar-refractivity contribution in [1.82, 2.24) is 4.98 Å². The van der Waals surface area contributed by atoms with Gasteiger partial charge in [0.25, 0.3) is 0 Å². The highest BCUT2D eigenvalue weighted by atomic mass is 32.2. The number of nitrogens with two attached hydrogens (primary N) is 1. The van der Waals surface area contributed by atoms with Crippen LogP contribution in [0, 0.1) is 0 Å². The minimum absolute atomic E-state index is 0.708. The van der Waals surface area contributed by atoms with Gasteiger partial charge in [-0.15, -0.1) is 23.1 Å². The average Bonchev–Trinajstić information content (AvgIpc) is 2.79. The topological polar surface area (TPSA) is 50.9 Å². The monoisotopic (exact) mass is 237 g/mol. The molecule has 0 saturated carbocycles. The maximum Gasteiger partial charge on any atom is 0.140 e. The van der Waals surface area contributed by atoms with Gasteiger partial charge in [0.1, 0.15) is 5.82 Å². The van der Waals surface area contributed by atoms with Gasteiger partial charge in [-0.3, -0.25) is 0 Å². The van der Waals surface area contributed by atoms with E-state index in [4.69, 9.17) is 5.84 Å². The summed E-state index contributed by atoms with van der Waals surface area (Å²) in [6.45, 7) is 0. The second-order valence-electron chi connectivity index (χ2n) is 2.91. The van der Waals surface area contributed by atoms with Crippen LogP contribution in [-0.2, 0) is 5.75 Å². The Balaban J connectivity index is 1.98. The first-order valence-electron chi connectivity index (χ1n) is 4.46. The first-order valence-corrected chi connectivity index (χ1v) is 6.33. The molecule has 3 N–H and O–H groups in total. The zero-order valence-electron chi connectivity index (χ0n) is 8.01. The molecular weight excluding hydrogens is 226 g/mol. The number of hydrazine groups is 1. The fourth-order valence-corrected chi connectivity index (χ4v) is 2.87. The minimum Gasteiger partial charge on any atom is -0.308 e. The van der Waals surface area contributed by atoms with E-state index in [0.29, 0.717) is 5.82 Å². The van der Waals surface area contributed by atoms with Crippen LogP contribution in [-0.4, -0.2) is 4.98 Å². The van der Waals surface area contributed by atoms with Crippen LogP contribution >= 0.6 is 23.1 Å². The van der Waals surface area contributed by atoms with E-state index < -0.39 is 0 Å². The zero-order valence-corrected chi connectivity index (χ0v) is 9.65. The number of anilines is 1. The van der Waals surface area contributed by atoms with Crippen LogP contribution in [0.2, 0.25) is 0 Å². The Morgan fingerprint density at radius 3 is 3.13 bits per heavy atom. The molecule has 0 saturated heterocycles. The molecule has 0 aliphatic carbocycles. The standard InChI is InChI=1S/C10H11N3S2/c11-13-9-6-8(3-4-12-9)7-15-10-2-1-5-14-10/h1-6H,7,11H2,(H,12,13). The van der Waals surface area contributed by atoms with Gasteiger partial charge in [-0.2, -0.15) is 0 Å². The van der Waals surface area contributed by atoms with Crippen LogP contribution in [0.1, 0.15) is 5.56 Å². The number of nitrogens with one attached hydrogen (secondary N) is 1. The molecule has 0 radical (unpaired) electrons. The normalized spacial score (nSPS) is 10.2. The molecular formula is C10H11N3S2. The fraction of sp³-hybridized carbons (Fsp3) is 0.100. The number of nitrogen functional groups attached to an aromatic ring is 1. The van der Waals surface area contributed by atoms with E-state index >= 15 is 0 Å². The smallest absolute Gasteiger partial charge is 0.140 e. The van der Waals surface area contributed by atoms with Gasteiger partial charge in [0.05, 0.1) is 4.21 Å². The summed E-state index contributed by atoms with van der Waals surface area (Å²) in [5.41, 5.74) is 3.76. The van der Waals surface area contributed by atoms with E-state index in [1.54, 1.807) is 17.5 Å². The van der Waals surface area contributed by atoms with Gasteiger partial charge in [-0.1, -0.05) is 6.07 Å². The molecule has 78 valence electrons. The van der Waals surface area contributed by atoms with Crippen LogP contribution < -0.4 is 11.3 Å². The van der Waals surface area contributed by atoms with E-state index in [-0.39, 0.29) is 0 Å². The Morgan fingerprint density at radius 1 is 1.47 bits per heavy atom. The molecule has 0 aromatic carbocycles. The highest BCUT2D eigenvalue weighted by Gasteiger charge is 1.98. The van der Waals surface area contributed by atoms with Crippen molar-refractivity contribution >= 4 is 28.9 Å². The van der Waals surface area contributed by atoms with Gasteiger partial charge in [0.15, 0.2) is 0 Å². The van der Waals surface area contributed by atoms with Gasteiger partial charge in [-0.05, 0) is 29.1 Å². The molecule has 3 nitrogen and oxygen atoms in total. The number of pyridine rings is 1.